The molecule has 1 aromatic carbocycles. The first-order chi connectivity index (χ1) is 10.9. The monoisotopic (exact) mass is 324 g/mol. The van der Waals surface area contributed by atoms with E-state index in [-0.39, 0.29) is 23.1 Å². The predicted octanol–water partition coefficient (Wildman–Crippen LogP) is 2.15. The van der Waals surface area contributed by atoms with E-state index in [4.69, 9.17) is 0 Å². The van der Waals surface area contributed by atoms with Gasteiger partial charge in [0, 0.05) is 25.2 Å². The fourth-order valence-electron chi connectivity index (χ4n) is 2.52. The first kappa shape index (κ1) is 16.5. The Morgan fingerprint density at radius 1 is 1.35 bits per heavy atom. The van der Waals surface area contributed by atoms with Crippen molar-refractivity contribution in [2.24, 2.45) is 0 Å². The number of methoxy groups -OCH3 is 1. The molecule has 1 unspecified atom stereocenters. The number of nitro benzene ring substituents is 2. The van der Waals surface area contributed by atoms with Gasteiger partial charge in [0.05, 0.1) is 23.0 Å². The van der Waals surface area contributed by atoms with Gasteiger partial charge in [-0.1, -0.05) is 0 Å². The average Bonchev–Trinajstić information content (AvgIpc) is 2.54. The van der Waals surface area contributed by atoms with Crippen molar-refractivity contribution in [1.29, 1.82) is 0 Å². The number of ether oxygens (including phenoxy) is 1. The third kappa shape index (κ3) is 3.84. The molecular formula is C13H16N4O6. The number of nitrogens with one attached hydrogen (secondary N) is 1. The van der Waals surface area contributed by atoms with Crippen LogP contribution in [-0.2, 0) is 4.74 Å². The van der Waals surface area contributed by atoms with Crippen molar-refractivity contribution in [3.05, 3.63) is 38.4 Å². The molecule has 0 saturated carbocycles. The number of hydrogen-bond acceptors (Lipinski definition) is 7. The number of likely N-dealkylation sites (tertiary alicyclic amines) is 1. The molecule has 1 heterocycles. The van der Waals surface area contributed by atoms with Crippen molar-refractivity contribution in [3.63, 3.8) is 0 Å². The van der Waals surface area contributed by atoms with E-state index in [0.29, 0.717) is 13.1 Å². The SMILES string of the molecule is COC(=O)N1CCCC(Nc2ccc([N+](=O)[O-])cc2[N+](=O)[O-])C1. The molecule has 1 aliphatic rings. The third-order valence-electron chi connectivity index (χ3n) is 3.60. The zero-order valence-corrected chi connectivity index (χ0v) is 12.4. The highest BCUT2D eigenvalue weighted by molar-refractivity contribution is 5.68. The van der Waals surface area contributed by atoms with E-state index in [2.05, 4.69) is 10.1 Å². The van der Waals surface area contributed by atoms with Gasteiger partial charge in [0.2, 0.25) is 0 Å². The van der Waals surface area contributed by atoms with E-state index in [0.717, 1.165) is 18.9 Å². The Labute approximate surface area is 131 Å². The smallest absolute Gasteiger partial charge is 0.409 e. The van der Waals surface area contributed by atoms with Crippen LogP contribution in [0, 0.1) is 20.2 Å². The molecule has 1 N–H and O–H groups in total. The van der Waals surface area contributed by atoms with E-state index in [1.807, 2.05) is 0 Å². The summed E-state index contributed by atoms with van der Waals surface area (Å²) in [5.41, 5.74) is -0.520. The van der Waals surface area contributed by atoms with Gasteiger partial charge in [-0.3, -0.25) is 20.2 Å². The van der Waals surface area contributed by atoms with Gasteiger partial charge in [0.25, 0.3) is 11.4 Å². The fourth-order valence-corrected chi connectivity index (χ4v) is 2.52. The maximum atomic E-state index is 11.6. The number of rotatable bonds is 4. The zero-order valence-electron chi connectivity index (χ0n) is 12.4. The van der Waals surface area contributed by atoms with E-state index >= 15 is 0 Å². The van der Waals surface area contributed by atoms with Crippen LogP contribution in [0.25, 0.3) is 0 Å². The Morgan fingerprint density at radius 2 is 2.09 bits per heavy atom. The quantitative estimate of drug-likeness (QED) is 0.663. The van der Waals surface area contributed by atoms with Crippen LogP contribution < -0.4 is 5.32 Å². The van der Waals surface area contributed by atoms with Gasteiger partial charge >= 0.3 is 6.09 Å². The molecule has 0 aliphatic carbocycles. The van der Waals surface area contributed by atoms with Gasteiger partial charge in [0.1, 0.15) is 5.69 Å². The Morgan fingerprint density at radius 3 is 2.70 bits per heavy atom. The second-order valence-corrected chi connectivity index (χ2v) is 5.12. The summed E-state index contributed by atoms with van der Waals surface area (Å²) in [6.45, 7) is 0.911. The molecule has 1 amide bonds. The Bertz CT molecular complexity index is 635. The van der Waals surface area contributed by atoms with Crippen LogP contribution in [0.4, 0.5) is 21.9 Å². The van der Waals surface area contributed by atoms with Gasteiger partial charge in [-0.25, -0.2) is 4.79 Å². The molecule has 10 heteroatoms. The van der Waals surface area contributed by atoms with Crippen molar-refractivity contribution in [3.8, 4) is 0 Å². The number of hydrogen-bond donors (Lipinski definition) is 1. The minimum Gasteiger partial charge on any atom is -0.453 e. The molecule has 1 aliphatic heterocycles. The molecule has 1 aromatic rings. The number of non-ortho nitro benzene ring substituents is 1. The molecular weight excluding hydrogens is 308 g/mol. The number of carbonyl (C=O) groups excluding carboxylic acids is 1. The maximum Gasteiger partial charge on any atom is 0.409 e. The zero-order chi connectivity index (χ0) is 17.0. The maximum absolute atomic E-state index is 11.6. The number of carbonyl (C=O) groups is 1. The Hall–Kier alpha value is -2.91. The van der Waals surface area contributed by atoms with Gasteiger partial charge in [-0.05, 0) is 18.9 Å². The van der Waals surface area contributed by atoms with Gasteiger partial charge in [0.15, 0.2) is 0 Å². The van der Waals surface area contributed by atoms with E-state index in [1.54, 1.807) is 0 Å². The highest BCUT2D eigenvalue weighted by Gasteiger charge is 2.27. The minimum absolute atomic E-state index is 0.192. The molecule has 1 atom stereocenters. The largest absolute Gasteiger partial charge is 0.453 e. The van der Waals surface area contributed by atoms with E-state index in [9.17, 15) is 25.0 Å². The third-order valence-corrected chi connectivity index (χ3v) is 3.60. The minimum atomic E-state index is -0.684. The molecule has 10 nitrogen and oxygen atoms in total. The predicted molar refractivity (Wildman–Crippen MR) is 80.4 cm³/mol. The first-order valence-electron chi connectivity index (χ1n) is 6.94. The summed E-state index contributed by atoms with van der Waals surface area (Å²) in [6.07, 6.45) is 1.00. The standard InChI is InChI=1S/C13H16N4O6/c1-23-13(18)15-6-2-3-9(8-15)14-11-5-4-10(16(19)20)7-12(11)17(21)22/h4-5,7,9,14H,2-3,6,8H2,1H3. The molecule has 124 valence electrons. The average molecular weight is 324 g/mol. The summed E-state index contributed by atoms with van der Waals surface area (Å²) >= 11 is 0. The topological polar surface area (TPSA) is 128 Å². The summed E-state index contributed by atoms with van der Waals surface area (Å²) in [6, 6.07) is 3.25. The normalized spacial score (nSPS) is 17.4. The van der Waals surface area contributed by atoms with Crippen molar-refractivity contribution in [1.82, 2.24) is 4.90 Å². The van der Waals surface area contributed by atoms with Crippen molar-refractivity contribution >= 4 is 23.2 Å². The molecule has 0 radical (unpaired) electrons. The van der Waals surface area contributed by atoms with Crippen molar-refractivity contribution in [2.45, 2.75) is 18.9 Å². The summed E-state index contributed by atoms with van der Waals surface area (Å²) in [5.74, 6) is 0. The van der Waals surface area contributed by atoms with Gasteiger partial charge in [-0.2, -0.15) is 0 Å². The lowest BCUT2D eigenvalue weighted by Crippen LogP contribution is -2.45. The molecule has 0 aromatic heterocycles. The van der Waals surface area contributed by atoms with Crippen LogP contribution in [0.5, 0.6) is 0 Å². The molecule has 0 spiro atoms. The molecule has 23 heavy (non-hydrogen) atoms. The number of amides is 1. The second kappa shape index (κ2) is 6.90. The summed E-state index contributed by atoms with van der Waals surface area (Å²) in [4.78, 5) is 33.6. The first-order valence-corrected chi connectivity index (χ1v) is 6.94. The number of nitrogens with zero attached hydrogens (tertiary/aromatic N) is 3. The van der Waals surface area contributed by atoms with Crippen LogP contribution in [0.2, 0.25) is 0 Å². The molecule has 2 rings (SSSR count). The number of benzene rings is 1. The van der Waals surface area contributed by atoms with E-state index < -0.39 is 15.9 Å². The van der Waals surface area contributed by atoms with Gasteiger partial charge < -0.3 is 15.0 Å². The van der Waals surface area contributed by atoms with Crippen LogP contribution in [0.15, 0.2) is 18.2 Å². The van der Waals surface area contributed by atoms with E-state index in [1.165, 1.54) is 24.1 Å². The fraction of sp³-hybridized carbons (Fsp3) is 0.462. The van der Waals surface area contributed by atoms with Crippen molar-refractivity contribution < 1.29 is 19.4 Å². The Kier molecular flexibility index (Phi) is 4.94. The number of piperidine rings is 1. The Balaban J connectivity index is 2.17. The lowest BCUT2D eigenvalue weighted by molar-refractivity contribution is -0.393. The van der Waals surface area contributed by atoms with Crippen LogP contribution >= 0.6 is 0 Å². The summed E-state index contributed by atoms with van der Waals surface area (Å²) in [5, 5.41) is 24.8. The highest BCUT2D eigenvalue weighted by atomic mass is 16.6. The van der Waals surface area contributed by atoms with Crippen molar-refractivity contribution in [2.75, 3.05) is 25.5 Å². The van der Waals surface area contributed by atoms with Gasteiger partial charge in [-0.15, -0.1) is 0 Å². The molecule has 0 bridgehead atoms. The second-order valence-electron chi connectivity index (χ2n) is 5.12. The van der Waals surface area contributed by atoms with Crippen LogP contribution in [-0.4, -0.2) is 47.1 Å². The van der Waals surface area contributed by atoms with Crippen LogP contribution in [0.1, 0.15) is 12.8 Å². The molecule has 1 fully saturated rings. The summed E-state index contributed by atoms with van der Waals surface area (Å²) < 4.78 is 4.67. The lowest BCUT2D eigenvalue weighted by Gasteiger charge is -2.32. The molecule has 1 saturated heterocycles. The number of anilines is 1. The lowest BCUT2D eigenvalue weighted by atomic mass is 10.1. The summed E-state index contributed by atoms with van der Waals surface area (Å²) in [7, 11) is 1.29. The highest BCUT2D eigenvalue weighted by Crippen LogP contribution is 2.30. The van der Waals surface area contributed by atoms with Crippen LogP contribution in [0.3, 0.4) is 0 Å². The number of nitro groups is 2.